The Labute approximate surface area is 213 Å². The number of primary amides is 1. The van der Waals surface area contributed by atoms with Crippen LogP contribution in [0.4, 0.5) is 0 Å². The Morgan fingerprint density at radius 2 is 1.42 bits per heavy atom. The van der Waals surface area contributed by atoms with E-state index in [1.54, 1.807) is 6.26 Å². The number of nitrogens with two attached hydrogens (primary N) is 4. The molecule has 0 spiro atoms. The molecule has 15 nitrogen and oxygen atoms in total. The quantitative estimate of drug-likeness (QED) is 0.0468. The summed E-state index contributed by atoms with van der Waals surface area (Å²) in [6.45, 7) is 1.47. The molecule has 206 valence electrons. The SMILES string of the molecule is CSCCC(NC(=O)C(N)C(C)O)C(=O)NC(CCC(N)=O)C(=O)NC(CCCN=C(N)N)C(=O)O. The van der Waals surface area contributed by atoms with E-state index in [9.17, 15) is 34.2 Å². The highest BCUT2D eigenvalue weighted by molar-refractivity contribution is 7.98. The van der Waals surface area contributed by atoms with E-state index in [0.717, 1.165) is 0 Å². The predicted octanol–water partition coefficient (Wildman–Crippen LogP) is -3.69. The minimum absolute atomic E-state index is 0.00201. The van der Waals surface area contributed by atoms with Crippen molar-refractivity contribution in [3.63, 3.8) is 0 Å². The highest BCUT2D eigenvalue weighted by Crippen LogP contribution is 2.06. The number of rotatable bonds is 18. The van der Waals surface area contributed by atoms with Crippen molar-refractivity contribution < 1.29 is 34.2 Å². The third-order valence-corrected chi connectivity index (χ3v) is 5.58. The molecule has 0 aromatic heterocycles. The number of guanidine groups is 1. The molecule has 0 radical (unpaired) electrons. The lowest BCUT2D eigenvalue weighted by atomic mass is 10.1. The molecular formula is C20H38N8O7S. The van der Waals surface area contributed by atoms with Gasteiger partial charge in [-0.3, -0.25) is 24.2 Å². The standard InChI is InChI=1S/C20H38N8O7S/c1-10(29)15(22)18(33)27-12(7-9-36-2)17(32)26-11(5-6-14(21)30)16(31)28-13(19(34)35)4-3-8-25-20(23)24/h10-13,15,29H,3-9,22H2,1-2H3,(H2,21,30)(H,26,32)(H,27,33)(H,28,31)(H,34,35)(H4,23,24,25). The van der Waals surface area contributed by atoms with E-state index in [1.165, 1.54) is 18.7 Å². The maximum Gasteiger partial charge on any atom is 0.326 e. The Hall–Kier alpha value is -3.11. The van der Waals surface area contributed by atoms with E-state index in [4.69, 9.17) is 22.9 Å². The van der Waals surface area contributed by atoms with Crippen molar-refractivity contribution in [2.45, 2.75) is 69.3 Å². The molecule has 0 aliphatic heterocycles. The van der Waals surface area contributed by atoms with Crippen LogP contribution >= 0.6 is 11.8 Å². The maximum absolute atomic E-state index is 12.9. The molecule has 0 saturated heterocycles. The number of aliphatic carboxylic acids is 1. The number of carbonyl (C=O) groups excluding carboxylic acids is 4. The van der Waals surface area contributed by atoms with Gasteiger partial charge in [-0.25, -0.2) is 4.79 Å². The summed E-state index contributed by atoms with van der Waals surface area (Å²) >= 11 is 1.41. The van der Waals surface area contributed by atoms with Gasteiger partial charge in [0.1, 0.15) is 24.2 Å². The summed E-state index contributed by atoms with van der Waals surface area (Å²) in [5, 5.41) is 26.2. The first-order chi connectivity index (χ1) is 16.8. The minimum atomic E-state index is -1.32. The monoisotopic (exact) mass is 534 g/mol. The van der Waals surface area contributed by atoms with E-state index in [2.05, 4.69) is 20.9 Å². The molecular weight excluding hydrogens is 496 g/mol. The molecule has 0 bridgehead atoms. The molecule has 0 fully saturated rings. The van der Waals surface area contributed by atoms with Crippen LogP contribution in [0.15, 0.2) is 4.99 Å². The van der Waals surface area contributed by atoms with Crippen molar-refractivity contribution >= 4 is 47.3 Å². The van der Waals surface area contributed by atoms with Crippen LogP contribution in [0, 0.1) is 0 Å². The molecule has 5 atom stereocenters. The average Bonchev–Trinajstić information content (AvgIpc) is 2.79. The van der Waals surface area contributed by atoms with Crippen molar-refractivity contribution in [1.82, 2.24) is 16.0 Å². The first-order valence-electron chi connectivity index (χ1n) is 11.2. The van der Waals surface area contributed by atoms with Crippen LogP contribution < -0.4 is 38.9 Å². The summed E-state index contributed by atoms with van der Waals surface area (Å²) < 4.78 is 0. The van der Waals surface area contributed by atoms with Gasteiger partial charge in [0.05, 0.1) is 6.10 Å². The second-order valence-electron chi connectivity index (χ2n) is 8.02. The van der Waals surface area contributed by atoms with Crippen molar-refractivity contribution in [2.75, 3.05) is 18.6 Å². The van der Waals surface area contributed by atoms with Gasteiger partial charge in [0.2, 0.25) is 23.6 Å². The fourth-order valence-corrected chi connectivity index (χ4v) is 3.32. The lowest BCUT2D eigenvalue weighted by Gasteiger charge is -2.25. The molecule has 0 rings (SSSR count). The van der Waals surface area contributed by atoms with E-state index < -0.39 is 59.9 Å². The number of carboxylic acid groups (broad SMARTS) is 1. The Morgan fingerprint density at radius 3 is 1.89 bits per heavy atom. The van der Waals surface area contributed by atoms with E-state index in [0.29, 0.717) is 5.75 Å². The summed E-state index contributed by atoms with van der Waals surface area (Å²) in [6.07, 6.45) is 0.582. The average molecular weight is 535 g/mol. The minimum Gasteiger partial charge on any atom is -0.480 e. The third kappa shape index (κ3) is 13.7. The lowest BCUT2D eigenvalue weighted by molar-refractivity contribution is -0.142. The Bertz CT molecular complexity index is 792. The van der Waals surface area contributed by atoms with Gasteiger partial charge < -0.3 is 49.1 Å². The largest absolute Gasteiger partial charge is 0.480 e. The summed E-state index contributed by atoms with van der Waals surface area (Å²) in [6, 6.07) is -5.01. The molecule has 5 unspecified atom stereocenters. The zero-order valence-electron chi connectivity index (χ0n) is 20.4. The number of carboxylic acids is 1. The zero-order chi connectivity index (χ0) is 27.8. The summed E-state index contributed by atoms with van der Waals surface area (Å²) in [4.78, 5) is 64.7. The number of hydrogen-bond donors (Lipinski definition) is 9. The van der Waals surface area contributed by atoms with E-state index >= 15 is 0 Å². The molecule has 0 aromatic carbocycles. The molecule has 0 aromatic rings. The van der Waals surface area contributed by atoms with Crippen LogP contribution in [-0.4, -0.2) is 94.6 Å². The fourth-order valence-electron chi connectivity index (χ4n) is 2.85. The molecule has 16 heteroatoms. The van der Waals surface area contributed by atoms with Gasteiger partial charge in [-0.05, 0) is 44.6 Å². The smallest absolute Gasteiger partial charge is 0.326 e. The third-order valence-electron chi connectivity index (χ3n) is 4.94. The fraction of sp³-hybridized carbons (Fsp3) is 0.700. The second kappa shape index (κ2) is 17.3. The van der Waals surface area contributed by atoms with E-state index in [1.807, 2.05) is 0 Å². The van der Waals surface area contributed by atoms with Crippen LogP contribution in [0.25, 0.3) is 0 Å². The van der Waals surface area contributed by atoms with Crippen molar-refractivity contribution in [2.24, 2.45) is 27.9 Å². The van der Waals surface area contributed by atoms with Gasteiger partial charge in [0.25, 0.3) is 0 Å². The molecule has 0 aliphatic rings. The first kappa shape index (κ1) is 32.9. The Kier molecular flexibility index (Phi) is 15.8. The Balaban J connectivity index is 5.51. The van der Waals surface area contributed by atoms with Crippen molar-refractivity contribution in [1.29, 1.82) is 0 Å². The van der Waals surface area contributed by atoms with Crippen LogP contribution in [0.1, 0.15) is 39.0 Å². The van der Waals surface area contributed by atoms with Gasteiger partial charge >= 0.3 is 5.97 Å². The molecule has 0 heterocycles. The van der Waals surface area contributed by atoms with Crippen molar-refractivity contribution in [3.05, 3.63) is 0 Å². The second-order valence-corrected chi connectivity index (χ2v) is 9.01. The highest BCUT2D eigenvalue weighted by Gasteiger charge is 2.31. The summed E-state index contributed by atoms with van der Waals surface area (Å²) in [7, 11) is 0. The lowest BCUT2D eigenvalue weighted by Crippen LogP contribution is -2.58. The van der Waals surface area contributed by atoms with E-state index in [-0.39, 0.29) is 44.6 Å². The molecule has 36 heavy (non-hydrogen) atoms. The van der Waals surface area contributed by atoms with Crippen LogP contribution in [0.3, 0.4) is 0 Å². The number of aliphatic imine (C=N–C) groups is 1. The van der Waals surface area contributed by atoms with Crippen LogP contribution in [0.2, 0.25) is 0 Å². The summed E-state index contributed by atoms with van der Waals surface area (Å²) in [5.74, 6) is -4.10. The van der Waals surface area contributed by atoms with Crippen LogP contribution in [-0.2, 0) is 24.0 Å². The number of thioether (sulfide) groups is 1. The van der Waals surface area contributed by atoms with Gasteiger partial charge in [0, 0.05) is 13.0 Å². The molecule has 0 saturated carbocycles. The first-order valence-corrected chi connectivity index (χ1v) is 12.6. The van der Waals surface area contributed by atoms with Gasteiger partial charge in [-0.15, -0.1) is 0 Å². The number of aliphatic hydroxyl groups is 1. The predicted molar refractivity (Wildman–Crippen MR) is 134 cm³/mol. The van der Waals surface area contributed by atoms with Gasteiger partial charge in [-0.2, -0.15) is 11.8 Å². The number of amides is 4. The molecule has 4 amide bonds. The molecule has 0 aliphatic carbocycles. The molecule has 13 N–H and O–H groups in total. The Morgan fingerprint density at radius 1 is 0.889 bits per heavy atom. The topological polar surface area (TPSA) is 278 Å². The maximum atomic E-state index is 12.9. The highest BCUT2D eigenvalue weighted by atomic mass is 32.2. The normalized spacial score (nSPS) is 14.9. The number of nitrogens with zero attached hydrogens (tertiary/aromatic N) is 1. The number of nitrogens with one attached hydrogen (secondary N) is 3. The van der Waals surface area contributed by atoms with Gasteiger partial charge in [-0.1, -0.05) is 0 Å². The zero-order valence-corrected chi connectivity index (χ0v) is 21.3. The summed E-state index contributed by atoms with van der Waals surface area (Å²) in [5.41, 5.74) is 21.3. The number of carbonyl (C=O) groups is 5. The van der Waals surface area contributed by atoms with Crippen LogP contribution in [0.5, 0.6) is 0 Å². The number of aliphatic hydroxyl groups excluding tert-OH is 1. The number of hydrogen-bond acceptors (Lipinski definition) is 9. The van der Waals surface area contributed by atoms with Crippen molar-refractivity contribution in [3.8, 4) is 0 Å². The van der Waals surface area contributed by atoms with Gasteiger partial charge in [0.15, 0.2) is 5.96 Å².